The molecule has 1 amide bonds. The first-order valence-electron chi connectivity index (χ1n) is 9.49. The Labute approximate surface area is 173 Å². The Morgan fingerprint density at radius 1 is 1.24 bits per heavy atom. The summed E-state index contributed by atoms with van der Waals surface area (Å²) in [6.45, 7) is 3.99. The van der Waals surface area contributed by atoms with Crippen molar-refractivity contribution in [3.63, 3.8) is 0 Å². The van der Waals surface area contributed by atoms with Gasteiger partial charge in [0.1, 0.15) is 5.82 Å². The van der Waals surface area contributed by atoms with E-state index in [9.17, 15) is 4.79 Å². The maximum Gasteiger partial charge on any atom is 0.255 e. The highest BCUT2D eigenvalue weighted by molar-refractivity contribution is 6.34. The van der Waals surface area contributed by atoms with Gasteiger partial charge in [-0.05, 0) is 45.2 Å². The minimum atomic E-state index is -0.342. The summed E-state index contributed by atoms with van der Waals surface area (Å²) in [6.07, 6.45) is 9.31. The van der Waals surface area contributed by atoms with Crippen molar-refractivity contribution in [3.05, 3.63) is 59.3 Å². The lowest BCUT2D eigenvalue weighted by atomic mass is 9.95. The summed E-state index contributed by atoms with van der Waals surface area (Å²) >= 11 is 6.38. The third-order valence-electron chi connectivity index (χ3n) is 5.31. The monoisotopic (exact) mass is 411 g/mol. The maximum absolute atomic E-state index is 13.2. The predicted molar refractivity (Wildman–Crippen MR) is 110 cm³/mol. The Bertz CT molecular complexity index is 1010. The van der Waals surface area contributed by atoms with Crippen molar-refractivity contribution in [2.24, 2.45) is 0 Å². The molecule has 0 unspecified atom stereocenters. The molecule has 1 aliphatic carbocycles. The molecule has 0 radical (unpaired) electrons. The second kappa shape index (κ2) is 7.79. The molecule has 150 valence electrons. The number of hydrogen-bond acceptors (Lipinski definition) is 6. The molecule has 8 nitrogen and oxygen atoms in total. The smallest absolute Gasteiger partial charge is 0.255 e. The quantitative estimate of drug-likeness (QED) is 0.669. The van der Waals surface area contributed by atoms with Gasteiger partial charge in [-0.25, -0.2) is 4.98 Å². The molecule has 2 heterocycles. The SMILES string of the molecule is Cc1cnc(N[C@@]2(C)CCC[C@@H]2NC(=O)c2c(Cl)cccc2-n2nccn2)cn1. The topological polar surface area (TPSA) is 97.6 Å². The molecule has 2 N–H and O–H groups in total. The summed E-state index contributed by atoms with van der Waals surface area (Å²) in [5.41, 5.74) is 1.41. The van der Waals surface area contributed by atoms with Gasteiger partial charge < -0.3 is 10.6 Å². The van der Waals surface area contributed by atoms with Gasteiger partial charge in [-0.15, -0.1) is 0 Å². The standard InChI is InChI=1S/C20H22ClN7O/c1-13-11-23-17(12-22-13)27-20(2)8-4-7-16(20)26-19(29)18-14(21)5-3-6-15(18)28-24-9-10-25-28/h3,5-6,9-12,16H,4,7-8H2,1-2H3,(H,23,27)(H,26,29)/t16-,20-/m0/s1. The molecule has 9 heteroatoms. The van der Waals surface area contributed by atoms with Crippen LogP contribution in [0.15, 0.2) is 43.0 Å². The summed E-state index contributed by atoms with van der Waals surface area (Å²) in [5, 5.41) is 15.2. The van der Waals surface area contributed by atoms with Gasteiger partial charge in [-0.3, -0.25) is 9.78 Å². The average Bonchev–Trinajstić information content (AvgIpc) is 3.34. The van der Waals surface area contributed by atoms with E-state index < -0.39 is 0 Å². The van der Waals surface area contributed by atoms with Crippen LogP contribution in [0.25, 0.3) is 5.69 Å². The van der Waals surface area contributed by atoms with Gasteiger partial charge in [0.15, 0.2) is 0 Å². The predicted octanol–water partition coefficient (Wildman–Crippen LogP) is 3.17. The van der Waals surface area contributed by atoms with Crippen LogP contribution in [0.3, 0.4) is 0 Å². The first-order chi connectivity index (χ1) is 14.0. The second-order valence-electron chi connectivity index (χ2n) is 7.46. The van der Waals surface area contributed by atoms with E-state index in [2.05, 4.69) is 37.7 Å². The molecule has 1 fully saturated rings. The molecule has 3 aromatic rings. The molecule has 0 saturated heterocycles. The zero-order valence-electron chi connectivity index (χ0n) is 16.3. The van der Waals surface area contributed by atoms with Crippen molar-refractivity contribution in [1.82, 2.24) is 30.3 Å². The van der Waals surface area contributed by atoms with Crippen LogP contribution in [-0.2, 0) is 0 Å². The fourth-order valence-electron chi connectivity index (χ4n) is 3.77. The lowest BCUT2D eigenvalue weighted by Crippen LogP contribution is -2.52. The first-order valence-corrected chi connectivity index (χ1v) is 9.87. The highest BCUT2D eigenvalue weighted by atomic mass is 35.5. The van der Waals surface area contributed by atoms with Gasteiger partial charge in [0, 0.05) is 0 Å². The fraction of sp³-hybridized carbons (Fsp3) is 0.350. The van der Waals surface area contributed by atoms with Crippen molar-refractivity contribution in [2.75, 3.05) is 5.32 Å². The van der Waals surface area contributed by atoms with Gasteiger partial charge in [-0.1, -0.05) is 17.7 Å². The number of aromatic nitrogens is 5. The highest BCUT2D eigenvalue weighted by Gasteiger charge is 2.40. The summed E-state index contributed by atoms with van der Waals surface area (Å²) in [4.78, 5) is 23.3. The minimum absolute atomic E-state index is 0.0900. The Morgan fingerprint density at radius 2 is 2.03 bits per heavy atom. The molecular formula is C20H22ClN7O. The number of aryl methyl sites for hydroxylation is 1. The van der Waals surface area contributed by atoms with Gasteiger partial charge in [0.25, 0.3) is 5.91 Å². The number of hydrogen-bond donors (Lipinski definition) is 2. The zero-order chi connectivity index (χ0) is 20.4. The van der Waals surface area contributed by atoms with E-state index in [1.54, 1.807) is 43.0 Å². The van der Waals surface area contributed by atoms with Crippen molar-refractivity contribution in [2.45, 2.75) is 44.7 Å². The molecule has 29 heavy (non-hydrogen) atoms. The van der Waals surface area contributed by atoms with E-state index in [1.807, 2.05) is 6.92 Å². The van der Waals surface area contributed by atoms with E-state index in [0.717, 1.165) is 25.0 Å². The van der Waals surface area contributed by atoms with Crippen LogP contribution >= 0.6 is 11.6 Å². The van der Waals surface area contributed by atoms with Crippen LogP contribution in [0.2, 0.25) is 5.02 Å². The lowest BCUT2D eigenvalue weighted by Gasteiger charge is -2.34. The number of halogens is 1. The lowest BCUT2D eigenvalue weighted by molar-refractivity contribution is 0.0927. The van der Waals surface area contributed by atoms with Crippen molar-refractivity contribution >= 4 is 23.3 Å². The van der Waals surface area contributed by atoms with Gasteiger partial charge >= 0.3 is 0 Å². The summed E-state index contributed by atoms with van der Waals surface area (Å²) in [6, 6.07) is 5.15. The summed E-state index contributed by atoms with van der Waals surface area (Å²) in [5.74, 6) is 0.441. The molecule has 0 aliphatic heterocycles. The largest absolute Gasteiger partial charge is 0.362 e. The summed E-state index contributed by atoms with van der Waals surface area (Å²) in [7, 11) is 0. The fourth-order valence-corrected chi connectivity index (χ4v) is 4.03. The Kier molecular flexibility index (Phi) is 5.19. The molecule has 2 aromatic heterocycles. The zero-order valence-corrected chi connectivity index (χ0v) is 17.0. The highest BCUT2D eigenvalue weighted by Crippen LogP contribution is 2.33. The Hall–Kier alpha value is -3.00. The number of nitrogens with one attached hydrogen (secondary N) is 2. The number of carbonyl (C=O) groups is 1. The van der Waals surface area contributed by atoms with E-state index >= 15 is 0 Å². The van der Waals surface area contributed by atoms with Crippen molar-refractivity contribution in [1.29, 1.82) is 0 Å². The first kappa shape index (κ1) is 19.3. The van der Waals surface area contributed by atoms with E-state index in [-0.39, 0.29) is 17.5 Å². The maximum atomic E-state index is 13.2. The van der Waals surface area contributed by atoms with Crippen LogP contribution in [0.4, 0.5) is 5.82 Å². The molecule has 4 rings (SSSR count). The van der Waals surface area contributed by atoms with Crippen molar-refractivity contribution < 1.29 is 4.79 Å². The van der Waals surface area contributed by atoms with Crippen LogP contribution in [0.5, 0.6) is 0 Å². The molecule has 1 aliphatic rings. The molecule has 1 saturated carbocycles. The van der Waals surface area contributed by atoms with E-state index in [1.165, 1.54) is 4.80 Å². The molecule has 1 aromatic carbocycles. The molecular weight excluding hydrogens is 390 g/mol. The van der Waals surface area contributed by atoms with Crippen LogP contribution in [0.1, 0.15) is 42.2 Å². The van der Waals surface area contributed by atoms with E-state index in [4.69, 9.17) is 11.6 Å². The Morgan fingerprint density at radius 3 is 2.76 bits per heavy atom. The molecule has 0 bridgehead atoms. The minimum Gasteiger partial charge on any atom is -0.362 e. The third-order valence-corrected chi connectivity index (χ3v) is 5.63. The number of rotatable bonds is 5. The van der Waals surface area contributed by atoms with Gasteiger partial charge in [0.05, 0.1) is 58.3 Å². The van der Waals surface area contributed by atoms with E-state index in [0.29, 0.717) is 22.1 Å². The Balaban J connectivity index is 1.57. The summed E-state index contributed by atoms with van der Waals surface area (Å²) < 4.78 is 0. The van der Waals surface area contributed by atoms with Crippen LogP contribution < -0.4 is 10.6 Å². The number of benzene rings is 1. The third kappa shape index (κ3) is 3.93. The van der Waals surface area contributed by atoms with Crippen molar-refractivity contribution in [3.8, 4) is 5.69 Å². The molecule has 0 spiro atoms. The average molecular weight is 412 g/mol. The molecule has 2 atom stereocenters. The number of anilines is 1. The number of amides is 1. The normalized spacial score (nSPS) is 21.1. The van der Waals surface area contributed by atoms with Gasteiger partial charge in [-0.2, -0.15) is 15.0 Å². The second-order valence-corrected chi connectivity index (χ2v) is 7.86. The van der Waals surface area contributed by atoms with Crippen LogP contribution in [-0.4, -0.2) is 42.4 Å². The number of carbonyl (C=O) groups excluding carboxylic acids is 1. The number of nitrogens with zero attached hydrogens (tertiary/aromatic N) is 5. The van der Waals surface area contributed by atoms with Crippen LogP contribution in [0, 0.1) is 6.92 Å². The van der Waals surface area contributed by atoms with Gasteiger partial charge in [0.2, 0.25) is 0 Å².